The molecule has 2 heterocycles. The van der Waals surface area contributed by atoms with Gasteiger partial charge in [-0.3, -0.25) is 4.90 Å². The van der Waals surface area contributed by atoms with E-state index in [2.05, 4.69) is 122 Å². The molecule has 0 fully saturated rings. The molecule has 0 atom stereocenters. The molecule has 0 radical (unpaired) electrons. The second-order valence-corrected chi connectivity index (χ2v) is 12.1. The molecule has 0 aliphatic rings. The van der Waals surface area contributed by atoms with Crippen LogP contribution in [0.3, 0.4) is 0 Å². The van der Waals surface area contributed by atoms with Gasteiger partial charge in [0.2, 0.25) is 0 Å². The number of hydrogen-bond donors (Lipinski definition) is 0. The summed E-state index contributed by atoms with van der Waals surface area (Å²) in [6.45, 7) is 10.7. The molecular formula is C41H37N5O. The molecule has 6 heteroatoms. The molecule has 0 N–H and O–H groups in total. The predicted octanol–water partition coefficient (Wildman–Crippen LogP) is 10.5. The van der Waals surface area contributed by atoms with Crippen molar-refractivity contribution in [3.05, 3.63) is 162 Å². The Morgan fingerprint density at radius 3 is 1.87 bits per heavy atom. The van der Waals surface area contributed by atoms with Crippen LogP contribution >= 0.6 is 0 Å². The quantitative estimate of drug-likeness (QED) is 0.171. The summed E-state index contributed by atoms with van der Waals surface area (Å²) in [5.74, 6) is 2.28. The first-order valence-corrected chi connectivity index (χ1v) is 15.8. The summed E-state index contributed by atoms with van der Waals surface area (Å²) < 4.78 is 10.7. The molecule has 7 aromatic rings. The number of hydrogen-bond acceptors (Lipinski definition) is 4. The third-order valence-electron chi connectivity index (χ3n) is 8.43. The molecule has 0 saturated carbocycles. The van der Waals surface area contributed by atoms with Crippen molar-refractivity contribution in [1.29, 1.82) is 0 Å². The molecule has 0 spiro atoms. The van der Waals surface area contributed by atoms with E-state index in [1.165, 1.54) is 27.8 Å². The maximum absolute atomic E-state index is 6.46. The Morgan fingerprint density at radius 2 is 1.13 bits per heavy atom. The first-order valence-electron chi connectivity index (χ1n) is 15.8. The standard InChI is InChI=1S/C41H37N5O/c1-28-20-31(4)41(32(5)21-28)45-25-39(43-27-45)46(34-15-7-6-8-16-34)35-17-11-19-37(23-35)47-36-18-10-14-33(22-36)38-24-44(26-42-38)40-29(2)12-9-13-30(40)3/h6-27H,1-5H3. The van der Waals surface area contributed by atoms with Gasteiger partial charge in [0.1, 0.15) is 17.8 Å². The number of imidazole rings is 2. The number of ether oxygens (including phenoxy) is 1. The van der Waals surface area contributed by atoms with Crippen molar-refractivity contribution in [2.45, 2.75) is 34.6 Å². The lowest BCUT2D eigenvalue weighted by Gasteiger charge is -2.23. The molecule has 0 saturated heterocycles. The average molecular weight is 616 g/mol. The summed E-state index contributed by atoms with van der Waals surface area (Å²) in [6, 6.07) is 37.3. The maximum atomic E-state index is 6.46. The number of para-hydroxylation sites is 2. The molecule has 0 amide bonds. The largest absolute Gasteiger partial charge is 0.457 e. The van der Waals surface area contributed by atoms with Gasteiger partial charge in [0.05, 0.1) is 35.3 Å². The zero-order valence-electron chi connectivity index (χ0n) is 27.3. The molecule has 0 aliphatic heterocycles. The van der Waals surface area contributed by atoms with Crippen molar-refractivity contribution in [2.75, 3.05) is 4.90 Å². The van der Waals surface area contributed by atoms with Crippen molar-refractivity contribution in [1.82, 2.24) is 19.1 Å². The summed E-state index contributed by atoms with van der Waals surface area (Å²) in [5, 5.41) is 0. The smallest absolute Gasteiger partial charge is 0.156 e. The van der Waals surface area contributed by atoms with E-state index in [0.717, 1.165) is 51.3 Å². The fourth-order valence-corrected chi connectivity index (χ4v) is 6.47. The second kappa shape index (κ2) is 12.5. The lowest BCUT2D eigenvalue weighted by Crippen LogP contribution is -2.10. The molecule has 0 aliphatic carbocycles. The monoisotopic (exact) mass is 615 g/mol. The van der Waals surface area contributed by atoms with E-state index in [9.17, 15) is 0 Å². The van der Waals surface area contributed by atoms with Gasteiger partial charge in [0.15, 0.2) is 5.82 Å². The van der Waals surface area contributed by atoms with Crippen LogP contribution in [0.25, 0.3) is 22.6 Å². The van der Waals surface area contributed by atoms with Crippen LogP contribution < -0.4 is 9.64 Å². The molecule has 232 valence electrons. The van der Waals surface area contributed by atoms with E-state index in [4.69, 9.17) is 14.7 Å². The Morgan fingerprint density at radius 1 is 0.532 bits per heavy atom. The summed E-state index contributed by atoms with van der Waals surface area (Å²) in [7, 11) is 0. The number of benzene rings is 5. The lowest BCUT2D eigenvalue weighted by molar-refractivity contribution is 0.483. The topological polar surface area (TPSA) is 48.1 Å². The van der Waals surface area contributed by atoms with Gasteiger partial charge < -0.3 is 13.9 Å². The average Bonchev–Trinajstić information content (AvgIpc) is 3.73. The van der Waals surface area contributed by atoms with E-state index in [-0.39, 0.29) is 0 Å². The van der Waals surface area contributed by atoms with Crippen LogP contribution in [-0.4, -0.2) is 19.1 Å². The number of anilines is 3. The Kier molecular flexibility index (Phi) is 7.92. The number of aromatic nitrogens is 4. The van der Waals surface area contributed by atoms with Gasteiger partial charge in [-0.15, -0.1) is 0 Å². The Hall–Kier alpha value is -5.88. The van der Waals surface area contributed by atoms with Gasteiger partial charge in [0.25, 0.3) is 0 Å². The van der Waals surface area contributed by atoms with E-state index >= 15 is 0 Å². The first-order chi connectivity index (χ1) is 22.8. The van der Waals surface area contributed by atoms with E-state index in [1.807, 2.05) is 61.2 Å². The third-order valence-corrected chi connectivity index (χ3v) is 8.43. The molecule has 7 rings (SSSR count). The van der Waals surface area contributed by atoms with Crippen LogP contribution in [0.1, 0.15) is 27.8 Å². The minimum atomic E-state index is 0.728. The maximum Gasteiger partial charge on any atom is 0.156 e. The highest BCUT2D eigenvalue weighted by Crippen LogP contribution is 2.37. The van der Waals surface area contributed by atoms with Gasteiger partial charge >= 0.3 is 0 Å². The fourth-order valence-electron chi connectivity index (χ4n) is 6.47. The van der Waals surface area contributed by atoms with Crippen molar-refractivity contribution in [3.8, 4) is 34.1 Å². The van der Waals surface area contributed by atoms with E-state index in [0.29, 0.717) is 0 Å². The van der Waals surface area contributed by atoms with Gasteiger partial charge in [-0.1, -0.05) is 72.3 Å². The summed E-state index contributed by atoms with van der Waals surface area (Å²) >= 11 is 0. The highest BCUT2D eigenvalue weighted by atomic mass is 16.5. The minimum absolute atomic E-state index is 0.728. The zero-order chi connectivity index (χ0) is 32.5. The van der Waals surface area contributed by atoms with Crippen LogP contribution in [0.15, 0.2) is 134 Å². The van der Waals surface area contributed by atoms with Gasteiger partial charge in [-0.25, -0.2) is 9.97 Å². The molecule has 0 bridgehead atoms. The second-order valence-electron chi connectivity index (χ2n) is 12.1. The summed E-state index contributed by atoms with van der Waals surface area (Å²) in [5.41, 5.74) is 12.2. The van der Waals surface area contributed by atoms with Crippen molar-refractivity contribution in [3.63, 3.8) is 0 Å². The fraction of sp³-hybridized carbons (Fsp3) is 0.122. The predicted molar refractivity (Wildman–Crippen MR) is 191 cm³/mol. The number of aryl methyl sites for hydroxylation is 5. The zero-order valence-corrected chi connectivity index (χ0v) is 27.3. The van der Waals surface area contributed by atoms with Gasteiger partial charge in [-0.05, 0) is 93.3 Å². The normalized spacial score (nSPS) is 11.1. The van der Waals surface area contributed by atoms with E-state index in [1.54, 1.807) is 0 Å². The minimum Gasteiger partial charge on any atom is -0.457 e. The van der Waals surface area contributed by atoms with Crippen molar-refractivity contribution < 1.29 is 4.74 Å². The highest BCUT2D eigenvalue weighted by molar-refractivity contribution is 5.75. The van der Waals surface area contributed by atoms with Crippen LogP contribution in [0.5, 0.6) is 11.5 Å². The molecular weight excluding hydrogens is 578 g/mol. The van der Waals surface area contributed by atoms with Crippen molar-refractivity contribution in [2.24, 2.45) is 0 Å². The first kappa shape index (κ1) is 29.8. The van der Waals surface area contributed by atoms with Crippen molar-refractivity contribution >= 4 is 17.2 Å². The molecule has 0 unspecified atom stereocenters. The molecule has 5 aromatic carbocycles. The Bertz CT molecular complexity index is 2150. The summed E-state index contributed by atoms with van der Waals surface area (Å²) in [6.07, 6.45) is 7.93. The van der Waals surface area contributed by atoms with Crippen LogP contribution in [-0.2, 0) is 0 Å². The molecule has 6 nitrogen and oxygen atoms in total. The van der Waals surface area contributed by atoms with Crippen LogP contribution in [0, 0.1) is 34.6 Å². The Labute approximate surface area is 276 Å². The van der Waals surface area contributed by atoms with Gasteiger partial charge in [0, 0.05) is 23.5 Å². The van der Waals surface area contributed by atoms with E-state index < -0.39 is 0 Å². The van der Waals surface area contributed by atoms with Crippen LogP contribution in [0.2, 0.25) is 0 Å². The molecule has 2 aromatic heterocycles. The third kappa shape index (κ3) is 6.06. The Balaban J connectivity index is 1.19. The van der Waals surface area contributed by atoms with Crippen LogP contribution in [0.4, 0.5) is 17.2 Å². The number of nitrogens with zero attached hydrogens (tertiary/aromatic N) is 5. The molecule has 47 heavy (non-hydrogen) atoms. The SMILES string of the molecule is Cc1cc(C)c(-n2cnc(N(c3ccccc3)c3cccc(Oc4cccc(-c5cn(-c6c(C)cccc6C)cn5)c4)c3)c2)c(C)c1. The summed E-state index contributed by atoms with van der Waals surface area (Å²) in [4.78, 5) is 11.8. The number of rotatable bonds is 8. The lowest BCUT2D eigenvalue weighted by atomic mass is 10.1. The van der Waals surface area contributed by atoms with Gasteiger partial charge in [-0.2, -0.15) is 0 Å². The highest BCUT2D eigenvalue weighted by Gasteiger charge is 2.18.